The third-order valence-electron chi connectivity index (χ3n) is 2.72. The first-order valence-corrected chi connectivity index (χ1v) is 5.15. The van der Waals surface area contributed by atoms with E-state index in [4.69, 9.17) is 0 Å². The molecule has 2 aromatic carbocycles. The first-order valence-electron chi connectivity index (χ1n) is 5.15. The van der Waals surface area contributed by atoms with Gasteiger partial charge in [-0.05, 0) is 37.1 Å². The van der Waals surface area contributed by atoms with Gasteiger partial charge in [0.25, 0.3) is 0 Å². The van der Waals surface area contributed by atoms with Crippen LogP contribution in [0.1, 0.15) is 11.1 Å². The minimum Gasteiger partial charge on any atom is -0.289 e. The molecule has 0 aliphatic rings. The van der Waals surface area contributed by atoms with E-state index in [2.05, 4.69) is 0 Å². The van der Waals surface area contributed by atoms with Crippen molar-refractivity contribution in [2.45, 2.75) is 13.8 Å². The Morgan fingerprint density at radius 3 is 1.38 bits per heavy atom. The maximum atomic E-state index is 11.8. The zero-order chi connectivity index (χ0) is 11.7. The van der Waals surface area contributed by atoms with Crippen LogP contribution in [0, 0.1) is 13.8 Å². The van der Waals surface area contributed by atoms with Gasteiger partial charge >= 0.3 is 0 Å². The summed E-state index contributed by atoms with van der Waals surface area (Å²) in [6.45, 7) is 3.70. The minimum absolute atomic E-state index is 0.0913. The maximum Gasteiger partial charge on any atom is 0.186 e. The van der Waals surface area contributed by atoms with Gasteiger partial charge in [-0.15, -0.1) is 0 Å². The van der Waals surface area contributed by atoms with Gasteiger partial charge in [-0.25, -0.2) is 0 Å². The van der Waals surface area contributed by atoms with E-state index in [1.807, 2.05) is 26.0 Å². The van der Waals surface area contributed by atoms with Crippen LogP contribution < -0.4 is 0 Å². The molecule has 2 nitrogen and oxygen atoms in total. The van der Waals surface area contributed by atoms with Crippen LogP contribution in [0.5, 0.6) is 11.5 Å². The summed E-state index contributed by atoms with van der Waals surface area (Å²) in [5, 5.41) is 23.6. The van der Waals surface area contributed by atoms with Gasteiger partial charge in [0.1, 0.15) is 0 Å². The standard InChI is InChI=1S/C14H12O2/c1-9-5-3-7-11(15)13(9)14-10(2)6-4-8-12(14)16/h3-8H,1-2H3. The van der Waals surface area contributed by atoms with Crippen molar-refractivity contribution >= 4 is 0 Å². The Morgan fingerprint density at radius 1 is 0.688 bits per heavy atom. The van der Waals surface area contributed by atoms with Crippen LogP contribution in [0.25, 0.3) is 11.1 Å². The van der Waals surface area contributed by atoms with E-state index in [0.29, 0.717) is 11.1 Å². The third kappa shape index (κ3) is 1.63. The highest BCUT2D eigenvalue weighted by Crippen LogP contribution is 2.40. The molecule has 0 aliphatic heterocycles. The Kier molecular flexibility index (Phi) is 2.57. The third-order valence-corrected chi connectivity index (χ3v) is 2.72. The van der Waals surface area contributed by atoms with Crippen LogP contribution in [0.3, 0.4) is 0 Å². The summed E-state index contributed by atoms with van der Waals surface area (Å²) >= 11 is 0. The fraction of sp³-hybridized carbons (Fsp3) is 0.143. The molecule has 80 valence electrons. The zero-order valence-corrected chi connectivity index (χ0v) is 9.28. The molecule has 0 unspecified atom stereocenters. The van der Waals surface area contributed by atoms with E-state index in [1.54, 1.807) is 12.1 Å². The topological polar surface area (TPSA) is 39.8 Å². The van der Waals surface area contributed by atoms with Gasteiger partial charge in [-0.1, -0.05) is 24.3 Å². The first-order chi connectivity index (χ1) is 7.61. The average Bonchev–Trinajstić information content (AvgIpc) is 2.21. The van der Waals surface area contributed by atoms with Gasteiger partial charge in [0.2, 0.25) is 0 Å². The molecule has 0 saturated heterocycles. The molecule has 0 saturated carbocycles. The Bertz CT molecular complexity index is 440. The lowest BCUT2D eigenvalue weighted by atomic mass is 9.95. The van der Waals surface area contributed by atoms with Gasteiger partial charge in [0.15, 0.2) is 11.5 Å². The second-order valence-corrected chi connectivity index (χ2v) is 3.90. The summed E-state index contributed by atoms with van der Waals surface area (Å²) in [6.07, 6.45) is 0. The van der Waals surface area contributed by atoms with Crippen LogP contribution in [-0.4, -0.2) is 0 Å². The zero-order valence-electron chi connectivity index (χ0n) is 9.28. The molecule has 2 rings (SSSR count). The summed E-state index contributed by atoms with van der Waals surface area (Å²) in [7, 11) is 0. The lowest BCUT2D eigenvalue weighted by Crippen LogP contribution is -1.87. The molecule has 0 amide bonds. The van der Waals surface area contributed by atoms with Crippen LogP contribution in [0.4, 0.5) is 0 Å². The van der Waals surface area contributed by atoms with Crippen LogP contribution in [-0.2, 0) is 10.2 Å². The van der Waals surface area contributed by atoms with Crippen LogP contribution >= 0.6 is 0 Å². The van der Waals surface area contributed by atoms with Gasteiger partial charge < -0.3 is 0 Å². The van der Waals surface area contributed by atoms with E-state index >= 15 is 0 Å². The second-order valence-electron chi connectivity index (χ2n) is 3.90. The molecule has 0 fully saturated rings. The smallest absolute Gasteiger partial charge is 0.186 e. The van der Waals surface area contributed by atoms with Gasteiger partial charge in [0, 0.05) is 11.1 Å². The maximum absolute atomic E-state index is 11.8. The van der Waals surface area contributed by atoms with Crippen molar-refractivity contribution < 1.29 is 10.2 Å². The number of hydrogen-bond acceptors (Lipinski definition) is 0. The summed E-state index contributed by atoms with van der Waals surface area (Å²) in [5.74, 6) is -0.183. The van der Waals surface area contributed by atoms with Crippen molar-refractivity contribution in [1.29, 1.82) is 0 Å². The Hall–Kier alpha value is -1.96. The fourth-order valence-electron chi connectivity index (χ4n) is 1.92. The largest absolute Gasteiger partial charge is 0.289 e. The lowest BCUT2D eigenvalue weighted by Gasteiger charge is -2.10. The molecule has 2 aromatic rings. The summed E-state index contributed by atoms with van der Waals surface area (Å²) in [6, 6.07) is 10.1. The monoisotopic (exact) mass is 212 g/mol. The van der Waals surface area contributed by atoms with Gasteiger partial charge in [-0.3, -0.25) is 10.2 Å². The van der Waals surface area contributed by atoms with E-state index in [1.165, 1.54) is 12.1 Å². The van der Waals surface area contributed by atoms with E-state index in [0.717, 1.165) is 11.1 Å². The van der Waals surface area contributed by atoms with Crippen LogP contribution in [0.2, 0.25) is 0 Å². The van der Waals surface area contributed by atoms with Crippen LogP contribution in [0.15, 0.2) is 36.4 Å². The minimum atomic E-state index is -0.0913. The van der Waals surface area contributed by atoms with E-state index < -0.39 is 0 Å². The Balaban J connectivity index is 2.77. The highest BCUT2D eigenvalue weighted by Gasteiger charge is 2.15. The Morgan fingerprint density at radius 2 is 1.06 bits per heavy atom. The van der Waals surface area contributed by atoms with E-state index in [-0.39, 0.29) is 11.5 Å². The molecule has 2 radical (unpaired) electrons. The van der Waals surface area contributed by atoms with Crippen molar-refractivity contribution in [3.8, 4) is 22.6 Å². The molecule has 0 aromatic heterocycles. The van der Waals surface area contributed by atoms with E-state index in [9.17, 15) is 10.2 Å². The molecule has 16 heavy (non-hydrogen) atoms. The van der Waals surface area contributed by atoms with Gasteiger partial charge in [-0.2, -0.15) is 0 Å². The predicted molar refractivity (Wildman–Crippen MR) is 61.6 cm³/mol. The van der Waals surface area contributed by atoms with Crippen molar-refractivity contribution in [3.05, 3.63) is 47.5 Å². The SMILES string of the molecule is Cc1cccc([O])c1-c1c(C)cccc1[O]. The lowest BCUT2D eigenvalue weighted by molar-refractivity contribution is 0.349. The molecular weight excluding hydrogens is 200 g/mol. The normalized spacial score (nSPS) is 10.4. The van der Waals surface area contributed by atoms with Crippen molar-refractivity contribution in [2.75, 3.05) is 0 Å². The second kappa shape index (κ2) is 3.89. The van der Waals surface area contributed by atoms with Crippen molar-refractivity contribution in [1.82, 2.24) is 0 Å². The quantitative estimate of drug-likeness (QED) is 0.677. The molecule has 0 spiro atoms. The van der Waals surface area contributed by atoms with Gasteiger partial charge in [0.05, 0.1) is 0 Å². The molecule has 0 bridgehead atoms. The average molecular weight is 212 g/mol. The summed E-state index contributed by atoms with van der Waals surface area (Å²) in [5.41, 5.74) is 2.76. The van der Waals surface area contributed by atoms with Crippen molar-refractivity contribution in [3.63, 3.8) is 0 Å². The molecular formula is C14H12O2. The molecule has 0 aliphatic carbocycles. The number of aryl methyl sites for hydroxylation is 2. The molecule has 2 heteroatoms. The number of hydrogen-bond donors (Lipinski definition) is 0. The molecule has 0 N–H and O–H groups in total. The summed E-state index contributed by atoms with van der Waals surface area (Å²) in [4.78, 5) is 0. The molecule has 0 atom stereocenters. The first kappa shape index (κ1) is 10.6. The fourth-order valence-corrected chi connectivity index (χ4v) is 1.92. The van der Waals surface area contributed by atoms with Crippen molar-refractivity contribution in [2.24, 2.45) is 0 Å². The predicted octanol–water partition coefficient (Wildman–Crippen LogP) is 4.26. The summed E-state index contributed by atoms with van der Waals surface area (Å²) < 4.78 is 0. The highest BCUT2D eigenvalue weighted by molar-refractivity contribution is 5.80. The molecule has 0 heterocycles. The number of benzene rings is 2. The Labute approximate surface area is 94.8 Å². The highest BCUT2D eigenvalue weighted by atomic mass is 16.3. The number of rotatable bonds is 1.